The van der Waals surface area contributed by atoms with Crippen LogP contribution in [0.25, 0.3) is 10.8 Å². The van der Waals surface area contributed by atoms with Crippen molar-refractivity contribution in [2.24, 2.45) is 11.1 Å². The Morgan fingerprint density at radius 3 is 2.85 bits per heavy atom. The zero-order valence-electron chi connectivity index (χ0n) is 11.5. The molecule has 0 bridgehead atoms. The quantitative estimate of drug-likeness (QED) is 0.810. The van der Waals surface area contributed by atoms with Crippen LogP contribution in [0.5, 0.6) is 0 Å². The van der Waals surface area contributed by atoms with Crippen LogP contribution in [0.4, 0.5) is 11.4 Å². The van der Waals surface area contributed by atoms with E-state index in [4.69, 9.17) is 11.5 Å². The fourth-order valence-electron chi connectivity index (χ4n) is 2.84. The van der Waals surface area contributed by atoms with Gasteiger partial charge in [-0.15, -0.1) is 0 Å². The first-order valence-electron chi connectivity index (χ1n) is 6.68. The maximum Gasteiger partial charge on any atom is 0.225 e. The number of anilines is 2. The average molecular weight is 270 g/mol. The van der Waals surface area contributed by atoms with E-state index < -0.39 is 5.41 Å². The van der Waals surface area contributed by atoms with Crippen LogP contribution < -0.4 is 16.4 Å². The number of carbonyl (C=O) groups is 1. The van der Waals surface area contributed by atoms with Crippen LogP contribution in [-0.2, 0) is 4.79 Å². The Morgan fingerprint density at radius 1 is 1.35 bits per heavy atom. The molecule has 5 heteroatoms. The normalized spacial score (nSPS) is 22.4. The minimum Gasteiger partial charge on any atom is -0.398 e. The summed E-state index contributed by atoms with van der Waals surface area (Å²) in [5.41, 5.74) is 12.9. The summed E-state index contributed by atoms with van der Waals surface area (Å²) in [7, 11) is 0. The van der Waals surface area contributed by atoms with E-state index in [1.54, 1.807) is 6.20 Å². The van der Waals surface area contributed by atoms with E-state index in [-0.39, 0.29) is 5.91 Å². The summed E-state index contributed by atoms with van der Waals surface area (Å²) in [4.78, 5) is 18.0. The lowest BCUT2D eigenvalue weighted by Gasteiger charge is -2.24. The summed E-state index contributed by atoms with van der Waals surface area (Å²) in [6.45, 7) is 3.37. The van der Waals surface area contributed by atoms with E-state index in [2.05, 4.69) is 9.88 Å². The molecule has 1 fully saturated rings. The van der Waals surface area contributed by atoms with Gasteiger partial charge in [0.05, 0.1) is 5.41 Å². The lowest BCUT2D eigenvalue weighted by molar-refractivity contribution is -0.125. The van der Waals surface area contributed by atoms with Gasteiger partial charge in [-0.05, 0) is 31.5 Å². The average Bonchev–Trinajstić information content (AvgIpc) is 2.83. The smallest absolute Gasteiger partial charge is 0.225 e. The number of benzene rings is 1. The second-order valence-corrected chi connectivity index (χ2v) is 5.69. The van der Waals surface area contributed by atoms with Gasteiger partial charge in [-0.3, -0.25) is 9.78 Å². The van der Waals surface area contributed by atoms with Crippen LogP contribution in [0, 0.1) is 5.41 Å². The second-order valence-electron chi connectivity index (χ2n) is 5.69. The number of aromatic nitrogens is 1. The Balaban J connectivity index is 2.05. The molecular weight excluding hydrogens is 252 g/mol. The Bertz CT molecular complexity index is 685. The zero-order chi connectivity index (χ0) is 14.3. The molecule has 20 heavy (non-hydrogen) atoms. The molecule has 4 N–H and O–H groups in total. The van der Waals surface area contributed by atoms with Crippen LogP contribution in [0.1, 0.15) is 13.3 Å². The van der Waals surface area contributed by atoms with Crippen molar-refractivity contribution in [1.29, 1.82) is 0 Å². The maximum absolute atomic E-state index is 11.6. The van der Waals surface area contributed by atoms with Crippen LogP contribution >= 0.6 is 0 Å². The number of pyridine rings is 1. The summed E-state index contributed by atoms with van der Waals surface area (Å²) in [5, 5.41) is 2.01. The topological polar surface area (TPSA) is 85.2 Å². The highest BCUT2D eigenvalue weighted by molar-refractivity contribution is 6.01. The Kier molecular flexibility index (Phi) is 2.78. The molecule has 1 aliphatic rings. The van der Waals surface area contributed by atoms with Crippen LogP contribution in [-0.4, -0.2) is 24.0 Å². The molecule has 2 aromatic rings. The molecule has 3 rings (SSSR count). The Morgan fingerprint density at radius 2 is 2.15 bits per heavy atom. The summed E-state index contributed by atoms with van der Waals surface area (Å²) in [6.07, 6.45) is 4.33. The van der Waals surface area contributed by atoms with Gasteiger partial charge in [-0.25, -0.2) is 0 Å². The lowest BCUT2D eigenvalue weighted by Crippen LogP contribution is -2.37. The number of rotatable bonds is 2. The van der Waals surface area contributed by atoms with Gasteiger partial charge in [0.25, 0.3) is 0 Å². The second kappa shape index (κ2) is 4.37. The highest BCUT2D eigenvalue weighted by atomic mass is 16.1. The van der Waals surface area contributed by atoms with Crippen molar-refractivity contribution in [3.63, 3.8) is 0 Å². The maximum atomic E-state index is 11.6. The van der Waals surface area contributed by atoms with E-state index in [0.717, 1.165) is 35.1 Å². The predicted molar refractivity (Wildman–Crippen MR) is 80.3 cm³/mol. The van der Waals surface area contributed by atoms with E-state index >= 15 is 0 Å². The summed E-state index contributed by atoms with van der Waals surface area (Å²) in [5.74, 6) is -0.238. The van der Waals surface area contributed by atoms with Crippen molar-refractivity contribution in [2.75, 3.05) is 23.7 Å². The van der Waals surface area contributed by atoms with Gasteiger partial charge in [0.2, 0.25) is 5.91 Å². The fourth-order valence-corrected chi connectivity index (χ4v) is 2.84. The minimum absolute atomic E-state index is 0.238. The third kappa shape index (κ3) is 1.86. The number of nitrogens with zero attached hydrogens (tertiary/aromatic N) is 2. The summed E-state index contributed by atoms with van der Waals surface area (Å²) in [6, 6.07) is 5.81. The minimum atomic E-state index is -0.462. The van der Waals surface area contributed by atoms with Crippen molar-refractivity contribution in [3.8, 4) is 0 Å². The van der Waals surface area contributed by atoms with Gasteiger partial charge in [0.15, 0.2) is 0 Å². The standard InChI is InChI=1S/C15H18N4O/c1-15(14(17)20)5-7-19(9-15)13-3-2-12(16)10-4-6-18-8-11(10)13/h2-4,6,8H,5,7,9,16H2,1H3,(H2,17,20). The first-order chi connectivity index (χ1) is 9.51. The number of carbonyl (C=O) groups excluding carboxylic acids is 1. The number of nitrogen functional groups attached to an aromatic ring is 1. The van der Waals surface area contributed by atoms with E-state index in [1.807, 2.05) is 31.3 Å². The van der Waals surface area contributed by atoms with Gasteiger partial charge < -0.3 is 16.4 Å². The van der Waals surface area contributed by atoms with Crippen LogP contribution in [0.3, 0.4) is 0 Å². The molecule has 0 saturated carbocycles. The molecule has 1 unspecified atom stereocenters. The Hall–Kier alpha value is -2.30. The van der Waals surface area contributed by atoms with Crippen molar-refractivity contribution in [2.45, 2.75) is 13.3 Å². The van der Waals surface area contributed by atoms with Crippen LogP contribution in [0.2, 0.25) is 0 Å². The van der Waals surface area contributed by atoms with Gasteiger partial charge in [-0.1, -0.05) is 0 Å². The molecule has 1 saturated heterocycles. The molecule has 0 aliphatic carbocycles. The third-order valence-corrected chi connectivity index (χ3v) is 4.24. The third-order valence-electron chi connectivity index (χ3n) is 4.24. The van der Waals surface area contributed by atoms with Crippen LogP contribution in [0.15, 0.2) is 30.6 Å². The van der Waals surface area contributed by atoms with Crippen molar-refractivity contribution in [3.05, 3.63) is 30.6 Å². The van der Waals surface area contributed by atoms with Gasteiger partial charge in [0.1, 0.15) is 0 Å². The van der Waals surface area contributed by atoms with E-state index in [0.29, 0.717) is 6.54 Å². The number of hydrogen-bond donors (Lipinski definition) is 2. The lowest BCUT2D eigenvalue weighted by atomic mass is 9.89. The van der Waals surface area contributed by atoms with Crippen molar-refractivity contribution in [1.82, 2.24) is 4.98 Å². The summed E-state index contributed by atoms with van der Waals surface area (Å²) >= 11 is 0. The van der Waals surface area contributed by atoms with E-state index in [9.17, 15) is 4.79 Å². The number of nitrogens with two attached hydrogens (primary N) is 2. The first kappa shape index (κ1) is 12.7. The molecule has 104 valence electrons. The molecule has 1 atom stereocenters. The molecule has 1 amide bonds. The van der Waals surface area contributed by atoms with Crippen molar-refractivity contribution < 1.29 is 4.79 Å². The molecule has 0 spiro atoms. The molecule has 5 nitrogen and oxygen atoms in total. The number of hydrogen-bond acceptors (Lipinski definition) is 4. The zero-order valence-corrected chi connectivity index (χ0v) is 11.5. The SMILES string of the molecule is CC1(C(N)=O)CCN(c2ccc(N)c3ccncc23)C1. The number of amides is 1. The van der Waals surface area contributed by atoms with E-state index in [1.165, 1.54) is 0 Å². The monoisotopic (exact) mass is 270 g/mol. The molecule has 1 aromatic carbocycles. The van der Waals surface area contributed by atoms with Gasteiger partial charge in [-0.2, -0.15) is 0 Å². The van der Waals surface area contributed by atoms with Gasteiger partial charge in [0, 0.05) is 47.6 Å². The molecule has 0 radical (unpaired) electrons. The predicted octanol–water partition coefficient (Wildman–Crippen LogP) is 1.52. The number of fused-ring (bicyclic) bond motifs is 1. The fraction of sp³-hybridized carbons (Fsp3) is 0.333. The van der Waals surface area contributed by atoms with Gasteiger partial charge >= 0.3 is 0 Å². The largest absolute Gasteiger partial charge is 0.398 e. The molecular formula is C15H18N4O. The first-order valence-corrected chi connectivity index (χ1v) is 6.68. The highest BCUT2D eigenvalue weighted by Crippen LogP contribution is 2.37. The molecule has 1 aromatic heterocycles. The number of primary amides is 1. The Labute approximate surface area is 117 Å². The highest BCUT2D eigenvalue weighted by Gasteiger charge is 2.39. The van der Waals surface area contributed by atoms with Crippen molar-refractivity contribution >= 4 is 28.1 Å². The molecule has 1 aliphatic heterocycles. The summed E-state index contributed by atoms with van der Waals surface area (Å²) < 4.78 is 0. The molecule has 2 heterocycles.